The Bertz CT molecular complexity index is 929. The van der Waals surface area contributed by atoms with E-state index in [9.17, 15) is 24.9 Å². The van der Waals surface area contributed by atoms with Gasteiger partial charge in [0.1, 0.15) is 18.5 Å². The van der Waals surface area contributed by atoms with Gasteiger partial charge in [0.25, 0.3) is 0 Å². The highest BCUT2D eigenvalue weighted by atomic mass is 16.5. The topological polar surface area (TPSA) is 113 Å². The molecule has 0 saturated carbocycles. The Kier molecular flexibility index (Phi) is 10.0. The van der Waals surface area contributed by atoms with Gasteiger partial charge in [0.05, 0.1) is 18.6 Å². The fraction of sp³-hybridized carbons (Fsp3) is 0.462. The first-order valence-corrected chi connectivity index (χ1v) is 11.0. The Balaban J connectivity index is 2.33. The first-order chi connectivity index (χ1) is 15.6. The number of hydrogen-bond donors (Lipinski definition) is 3. The Morgan fingerprint density at radius 3 is 2.45 bits per heavy atom. The molecule has 1 aromatic rings. The van der Waals surface area contributed by atoms with Crippen molar-refractivity contribution in [2.45, 2.75) is 65.0 Å². The van der Waals surface area contributed by atoms with Gasteiger partial charge in [-0.3, -0.25) is 9.59 Å². The predicted molar refractivity (Wildman–Crippen MR) is 124 cm³/mol. The van der Waals surface area contributed by atoms with Gasteiger partial charge in [-0.25, -0.2) is 0 Å². The number of phenols is 1. The number of aromatic hydroxyl groups is 1. The Morgan fingerprint density at radius 2 is 1.76 bits per heavy atom. The van der Waals surface area contributed by atoms with Crippen molar-refractivity contribution in [3.8, 4) is 5.75 Å². The molecule has 0 fully saturated rings. The normalized spacial score (nSPS) is 26.2. The number of methoxy groups -OCH3 is 1. The van der Waals surface area contributed by atoms with Crippen molar-refractivity contribution in [1.82, 2.24) is 0 Å². The fourth-order valence-electron chi connectivity index (χ4n) is 3.63. The number of cyclic esters (lactones) is 1. The second-order valence-corrected chi connectivity index (χ2v) is 8.63. The Morgan fingerprint density at radius 1 is 1.06 bits per heavy atom. The van der Waals surface area contributed by atoms with Gasteiger partial charge in [-0.15, -0.1) is 0 Å². The fourth-order valence-corrected chi connectivity index (χ4v) is 3.63. The zero-order chi connectivity index (χ0) is 24.5. The number of Topliss-reactive ketones (excluding diaryl/α,β-unsaturated/α-hetero) is 1. The van der Waals surface area contributed by atoms with Gasteiger partial charge in [0, 0.05) is 19.4 Å². The molecule has 1 heterocycles. The van der Waals surface area contributed by atoms with Crippen molar-refractivity contribution >= 4 is 11.8 Å². The van der Waals surface area contributed by atoms with Crippen molar-refractivity contribution < 1.29 is 34.4 Å². The molecule has 0 amide bonds. The van der Waals surface area contributed by atoms with Crippen molar-refractivity contribution in [2.75, 3.05) is 7.11 Å². The summed E-state index contributed by atoms with van der Waals surface area (Å²) in [5, 5.41) is 30.9. The number of rotatable bonds is 1. The minimum atomic E-state index is -1.07. The summed E-state index contributed by atoms with van der Waals surface area (Å²) in [6.45, 7) is 5.30. The number of aliphatic hydroxyl groups excluding tert-OH is 2. The number of hydrogen-bond acceptors (Lipinski definition) is 7. The van der Waals surface area contributed by atoms with E-state index >= 15 is 0 Å². The summed E-state index contributed by atoms with van der Waals surface area (Å²) in [5.41, 5.74) is 2.96. The molecule has 1 aliphatic rings. The molecule has 0 saturated heterocycles. The second-order valence-electron chi connectivity index (χ2n) is 8.63. The molecule has 7 nitrogen and oxygen atoms in total. The van der Waals surface area contributed by atoms with E-state index in [1.54, 1.807) is 38.1 Å². The summed E-state index contributed by atoms with van der Waals surface area (Å²) in [6, 6.07) is 5.01. The van der Waals surface area contributed by atoms with Crippen LogP contribution in [0.4, 0.5) is 0 Å². The van der Waals surface area contributed by atoms with Crippen molar-refractivity contribution in [3.05, 3.63) is 64.8 Å². The molecular weight excluding hydrogens is 424 g/mol. The average Bonchev–Trinajstić information content (AvgIpc) is 2.74. The lowest BCUT2D eigenvalue weighted by Gasteiger charge is -2.19. The quantitative estimate of drug-likeness (QED) is 0.438. The molecule has 0 unspecified atom stereocenters. The van der Waals surface area contributed by atoms with Crippen LogP contribution >= 0.6 is 0 Å². The second kappa shape index (κ2) is 12.5. The van der Waals surface area contributed by atoms with Crippen LogP contribution in [0.15, 0.2) is 53.6 Å². The monoisotopic (exact) mass is 458 g/mol. The number of carbonyl (C=O) groups is 2. The third-order valence-electron chi connectivity index (χ3n) is 5.59. The first-order valence-electron chi connectivity index (χ1n) is 11.0. The number of benzene rings is 1. The number of aliphatic hydroxyl groups is 2. The van der Waals surface area contributed by atoms with E-state index in [2.05, 4.69) is 0 Å². The number of fused-ring (bicyclic) bond motifs is 2. The van der Waals surface area contributed by atoms with Gasteiger partial charge in [0.2, 0.25) is 0 Å². The number of esters is 1. The zero-order valence-corrected chi connectivity index (χ0v) is 19.7. The van der Waals surface area contributed by atoms with Gasteiger partial charge in [-0.05, 0) is 55.2 Å². The summed E-state index contributed by atoms with van der Waals surface area (Å²) in [7, 11) is 1.44. The summed E-state index contributed by atoms with van der Waals surface area (Å²) >= 11 is 0. The van der Waals surface area contributed by atoms with E-state index in [-0.39, 0.29) is 31.0 Å². The summed E-state index contributed by atoms with van der Waals surface area (Å²) < 4.78 is 10.6. The molecule has 180 valence electrons. The molecule has 33 heavy (non-hydrogen) atoms. The van der Waals surface area contributed by atoms with Crippen LogP contribution in [0.2, 0.25) is 0 Å². The number of ketones is 1. The van der Waals surface area contributed by atoms with Crippen LogP contribution in [-0.2, 0) is 32.1 Å². The molecule has 1 aliphatic heterocycles. The van der Waals surface area contributed by atoms with Gasteiger partial charge >= 0.3 is 5.97 Å². The first kappa shape index (κ1) is 26.5. The molecule has 4 atom stereocenters. The molecule has 0 radical (unpaired) electrons. The van der Waals surface area contributed by atoms with E-state index in [1.807, 2.05) is 19.1 Å². The lowest BCUT2D eigenvalue weighted by atomic mass is 9.94. The number of ether oxygens (including phenoxy) is 2. The summed E-state index contributed by atoms with van der Waals surface area (Å²) in [5.74, 6) is -1.19. The van der Waals surface area contributed by atoms with Gasteiger partial charge < -0.3 is 24.8 Å². The molecule has 0 aliphatic carbocycles. The molecule has 0 aromatic heterocycles. The Labute approximate surface area is 195 Å². The van der Waals surface area contributed by atoms with Crippen LogP contribution in [0.1, 0.15) is 44.7 Å². The third-order valence-corrected chi connectivity index (χ3v) is 5.59. The standard InChI is InChI=1S/C26H34O7/c1-16-6-5-7-25(32-4)24(30)13-22(28)17(2)9-18(3)23(29)14-26(31)33-15-20-10-19(8-16)11-21(27)12-20/h5-7,9-12,17,22-23,25,27-29H,8,13-15H2,1-4H3/t17-,22-,23-,25+/m0/s1. The molecule has 7 heteroatoms. The molecule has 2 bridgehead atoms. The smallest absolute Gasteiger partial charge is 0.309 e. The van der Waals surface area contributed by atoms with E-state index in [0.717, 1.165) is 11.1 Å². The van der Waals surface area contributed by atoms with Gasteiger partial charge in [-0.2, -0.15) is 0 Å². The van der Waals surface area contributed by atoms with Crippen LogP contribution in [0.25, 0.3) is 0 Å². The number of phenolic OH excluding ortho intramolecular Hbond substituents is 1. The van der Waals surface area contributed by atoms with Crippen LogP contribution in [0.5, 0.6) is 5.75 Å². The lowest BCUT2D eigenvalue weighted by molar-refractivity contribution is -0.146. The zero-order valence-electron chi connectivity index (χ0n) is 19.7. The summed E-state index contributed by atoms with van der Waals surface area (Å²) in [6.07, 6.45) is 4.25. The van der Waals surface area contributed by atoms with Crippen LogP contribution in [-0.4, -0.2) is 52.5 Å². The maximum atomic E-state index is 12.6. The largest absolute Gasteiger partial charge is 0.508 e. The lowest BCUT2D eigenvalue weighted by Crippen LogP contribution is -2.28. The van der Waals surface area contributed by atoms with Crippen LogP contribution < -0.4 is 0 Å². The minimum absolute atomic E-state index is 0.0227. The molecule has 3 N–H and O–H groups in total. The van der Waals surface area contributed by atoms with E-state index < -0.39 is 30.2 Å². The highest BCUT2D eigenvalue weighted by Crippen LogP contribution is 2.21. The maximum Gasteiger partial charge on any atom is 0.309 e. The maximum absolute atomic E-state index is 12.6. The van der Waals surface area contributed by atoms with E-state index in [4.69, 9.17) is 9.47 Å². The minimum Gasteiger partial charge on any atom is -0.508 e. The summed E-state index contributed by atoms with van der Waals surface area (Å²) in [4.78, 5) is 24.8. The predicted octanol–water partition coefficient (Wildman–Crippen LogP) is 3.16. The van der Waals surface area contributed by atoms with Crippen molar-refractivity contribution in [1.29, 1.82) is 0 Å². The average molecular weight is 459 g/mol. The number of carbonyl (C=O) groups excluding carboxylic acids is 2. The number of allylic oxidation sites excluding steroid dienone is 3. The Hall–Kier alpha value is -2.74. The van der Waals surface area contributed by atoms with E-state index in [1.165, 1.54) is 13.2 Å². The van der Waals surface area contributed by atoms with Gasteiger partial charge in [-0.1, -0.05) is 36.8 Å². The highest BCUT2D eigenvalue weighted by Gasteiger charge is 2.23. The molecule has 1 aromatic carbocycles. The van der Waals surface area contributed by atoms with Crippen molar-refractivity contribution in [3.63, 3.8) is 0 Å². The highest BCUT2D eigenvalue weighted by molar-refractivity contribution is 5.85. The van der Waals surface area contributed by atoms with Crippen molar-refractivity contribution in [2.24, 2.45) is 5.92 Å². The van der Waals surface area contributed by atoms with Crippen LogP contribution in [0.3, 0.4) is 0 Å². The van der Waals surface area contributed by atoms with E-state index in [0.29, 0.717) is 17.6 Å². The molecule has 0 spiro atoms. The third kappa shape index (κ3) is 8.61. The molecule has 2 rings (SSSR count). The van der Waals surface area contributed by atoms with Crippen LogP contribution in [0, 0.1) is 5.92 Å². The molecular formula is C26H34O7. The van der Waals surface area contributed by atoms with Gasteiger partial charge in [0.15, 0.2) is 5.78 Å². The SMILES string of the molecule is CO[C@@H]1C=CC=C(C)Cc2cc(O)cc(c2)COC(=O)C[C@H](O)C(C)=C[C@H](C)[C@@H](O)CC1=O.